The average molecular weight is 2340 g/mol. The van der Waals surface area contributed by atoms with Gasteiger partial charge in [-0.25, -0.2) is 0 Å². The average Bonchev–Trinajstić information content (AvgIpc) is 1.69. The van der Waals surface area contributed by atoms with Gasteiger partial charge in [0.15, 0.2) is 6.29 Å². The quantitative estimate of drug-likeness (QED) is 0.0557. The Morgan fingerprint density at radius 3 is 0.876 bits per heavy atom. The fourth-order valence-electron chi connectivity index (χ4n) is 13.4. The van der Waals surface area contributed by atoms with E-state index < -0.39 is 23.0 Å². The standard InChI is InChI=1S/2C18H15P.C16H10N2S.2C15H10ClNS.C9H4N2OS.C8H9BO2.C7H3BrClNS.C7H4ClNS.C2H6S.2ClH.H2O.Pd/c2*1-4-10-16(11-5-1)19(17-12-6-2-7-13-17)18-14-8-3-9-15-18;17-10-13-8-9-18-15-14(11-19-16(13)15)7-6-12-4-2-1-3-5-12;2*16-13-8-9-17-14-12(10-18-15(13)14)7-6-11-4-2-1-3-5-11;10-3-6-1-2-11-8-7(4-12)5-13-9(6)8;10-9(11)7-6-8-4-2-1-3-5-8;8-4-3-11-7-5(9)1-2-10-6(4)7;8-5-1-3-9-6-2-4-10-7(5)6;1-3-2;;;;/h2*1-15H;1-9,11H;2*1-10H;1-2,4-5H;1-7,10-11H;1-3H;1-4H;1-2H3;2*1H;1H2;/q;;;;;;;;;;;;;+2/p-2/b;;3*7-6+;;7-6+;;;;;;;. The van der Waals surface area contributed by atoms with E-state index in [4.69, 9.17) is 86.0 Å². The third-order valence-electron chi connectivity index (χ3n) is 20.0. The largest absolute Gasteiger partial charge is 0.0622 e. The molecule has 145 heavy (non-hydrogen) atoms. The maximum absolute atomic E-state index is 10.6. The predicted molar refractivity (Wildman–Crippen MR) is 637 cm³/mol. The smallest absolute Gasteiger partial charge is 0.0134 e. The van der Waals surface area contributed by atoms with E-state index in [0.29, 0.717) is 22.2 Å². The number of hydrogen-bond acceptors (Lipinski definition) is 18. The summed E-state index contributed by atoms with van der Waals surface area (Å²) in [6.07, 6.45) is 29.1. The van der Waals surface area contributed by atoms with E-state index in [0.717, 1.165) is 114 Å². The van der Waals surface area contributed by atoms with Crippen LogP contribution in [0.2, 0.25) is 20.1 Å². The molecular formula is C115H88BBrCl6N8O4P2PdS7. The van der Waals surface area contributed by atoms with Crippen LogP contribution in [0.4, 0.5) is 0 Å². The van der Waals surface area contributed by atoms with E-state index in [1.54, 1.807) is 141 Å². The van der Waals surface area contributed by atoms with Crippen LogP contribution in [-0.4, -0.2) is 71.3 Å². The van der Waals surface area contributed by atoms with Crippen LogP contribution >= 0.6 is 177 Å². The van der Waals surface area contributed by atoms with Crippen molar-refractivity contribution in [2.24, 2.45) is 0 Å². The summed E-state index contributed by atoms with van der Waals surface area (Å²) >= 11 is 38.5. The normalized spacial score (nSPS) is 10.5. The van der Waals surface area contributed by atoms with Gasteiger partial charge in [-0.15, -0.1) is 68.0 Å². The Bertz CT molecular complexity index is 7460. The van der Waals surface area contributed by atoms with Gasteiger partial charge in [-0.2, -0.15) is 22.3 Å². The van der Waals surface area contributed by atoms with Crippen LogP contribution < -0.4 is 31.8 Å². The van der Waals surface area contributed by atoms with Crippen LogP contribution in [0.3, 0.4) is 0 Å². The summed E-state index contributed by atoms with van der Waals surface area (Å²) in [4.78, 5) is 36.1. The molecule has 0 radical (unpaired) electrons. The number of nitrogens with zero attached hydrogens (tertiary/aromatic N) is 8. The van der Waals surface area contributed by atoms with Gasteiger partial charge in [0.2, 0.25) is 0 Å². The van der Waals surface area contributed by atoms with Gasteiger partial charge < -0.3 is 15.5 Å². The number of carbonyl (C=O) groups is 1. The number of nitriles is 2. The molecule has 0 amide bonds. The first-order valence-electron chi connectivity index (χ1n) is 43.7. The van der Waals surface area contributed by atoms with E-state index >= 15 is 0 Å². The third kappa shape index (κ3) is 35.1. The Balaban J connectivity index is 0.000000155. The number of thiophene rings is 6. The number of carbonyl (C=O) groups excluding carboxylic acids is 1. The molecule has 726 valence electrons. The van der Waals surface area contributed by atoms with Gasteiger partial charge in [-0.05, 0) is 146 Å². The van der Waals surface area contributed by atoms with Crippen molar-refractivity contribution < 1.29 is 36.3 Å². The minimum absolute atomic E-state index is 0. The van der Waals surface area contributed by atoms with Crippen LogP contribution in [0.5, 0.6) is 0 Å². The predicted octanol–water partition coefficient (Wildman–Crippen LogP) is 32.4. The molecular weight excluding hydrogens is 2250 g/mol. The first-order valence-corrected chi connectivity index (χ1v) is 59.6. The van der Waals surface area contributed by atoms with Crippen molar-refractivity contribution in [1.29, 1.82) is 10.5 Å². The van der Waals surface area contributed by atoms with Crippen LogP contribution in [0.25, 0.3) is 104 Å². The Labute approximate surface area is 919 Å². The number of halogens is 7. The van der Waals surface area contributed by atoms with Gasteiger partial charge in [0.05, 0.1) is 103 Å². The minimum Gasteiger partial charge on any atom is -0.0622 e. The molecule has 4 N–H and O–H groups in total. The second kappa shape index (κ2) is 63.1. The maximum atomic E-state index is 10.6. The van der Waals surface area contributed by atoms with Gasteiger partial charge in [0.25, 0.3) is 0 Å². The Morgan fingerprint density at radius 2 is 0.579 bits per heavy atom. The molecule has 0 fully saturated rings. The summed E-state index contributed by atoms with van der Waals surface area (Å²) < 4.78 is 6.97. The number of pyridine rings is 6. The van der Waals surface area contributed by atoms with Crippen molar-refractivity contribution in [2.75, 3.05) is 12.5 Å². The van der Waals surface area contributed by atoms with Crippen molar-refractivity contribution in [3.05, 3.63) is 501 Å². The second-order valence-electron chi connectivity index (χ2n) is 29.7. The summed E-state index contributed by atoms with van der Waals surface area (Å²) in [6, 6.07) is 122. The van der Waals surface area contributed by atoms with E-state index in [1.165, 1.54) is 60.3 Å². The Hall–Kier alpha value is -11.5. The fourth-order valence-corrected chi connectivity index (χ4v) is 25.1. The molecule has 0 unspecified atom stereocenters. The molecule has 12 aromatic heterocycles. The zero-order chi connectivity index (χ0) is 101. The maximum Gasteiger partial charge on any atom is -0.0134 e. The first kappa shape index (κ1) is 114. The molecule has 12 heterocycles. The molecule has 0 aliphatic rings. The molecule has 30 heteroatoms. The number of benzene rings is 10. The summed E-state index contributed by atoms with van der Waals surface area (Å²) in [5.41, 5.74) is 15.0. The van der Waals surface area contributed by atoms with Crippen molar-refractivity contribution in [3.63, 3.8) is 0 Å². The van der Waals surface area contributed by atoms with Gasteiger partial charge in [-0.1, -0.05) is 398 Å². The molecule has 0 saturated carbocycles. The first-order chi connectivity index (χ1) is 70.6. The number of aldehydes is 1. The van der Waals surface area contributed by atoms with Crippen LogP contribution in [0, 0.1) is 22.7 Å². The van der Waals surface area contributed by atoms with E-state index in [-0.39, 0.29) is 21.4 Å². The Kier molecular flexibility index (Phi) is 49.6. The van der Waals surface area contributed by atoms with Gasteiger partial charge in [0, 0.05) is 80.8 Å². The van der Waals surface area contributed by atoms with Crippen LogP contribution in [0.15, 0.2) is 426 Å². The van der Waals surface area contributed by atoms with Gasteiger partial charge in [0.1, 0.15) is 12.1 Å². The summed E-state index contributed by atoms with van der Waals surface area (Å²) in [7, 11) is 7.37. The molecule has 0 saturated heterocycles. The number of fused-ring (bicyclic) bond motifs is 6. The third-order valence-corrected chi connectivity index (χ3v) is 33.5. The number of hydrogen-bond donors (Lipinski definition) is 2. The van der Waals surface area contributed by atoms with E-state index in [9.17, 15) is 4.79 Å². The molecule has 12 nitrogen and oxygen atoms in total. The molecule has 10 aromatic carbocycles. The minimum atomic E-state index is -1.37. The van der Waals surface area contributed by atoms with Crippen molar-refractivity contribution in [2.45, 2.75) is 0 Å². The molecule has 0 spiro atoms. The summed E-state index contributed by atoms with van der Waals surface area (Å²) in [5.74, 6) is 1.31. The van der Waals surface area contributed by atoms with E-state index in [2.05, 4.69) is 318 Å². The van der Waals surface area contributed by atoms with Crippen molar-refractivity contribution in [1.82, 2.24) is 29.9 Å². The zero-order valence-electron chi connectivity index (χ0n) is 77.2. The fraction of sp³-hybridized carbons (Fsp3) is 0.0174. The molecule has 22 rings (SSSR count). The molecule has 0 atom stereocenters. The molecule has 0 bridgehead atoms. The zero-order valence-corrected chi connectivity index (χ0v) is 92.4. The Morgan fingerprint density at radius 1 is 0.331 bits per heavy atom. The summed E-state index contributed by atoms with van der Waals surface area (Å²) in [6.45, 7) is 0. The number of aromatic nitrogens is 6. The second-order valence-corrected chi connectivity index (χ2v) is 45.1. The molecule has 0 aliphatic heterocycles. The van der Waals surface area contributed by atoms with Crippen molar-refractivity contribution >= 4 is 326 Å². The molecule has 22 aromatic rings. The number of rotatable bonds is 15. The monoisotopic (exact) mass is 2340 g/mol. The summed E-state index contributed by atoms with van der Waals surface area (Å²) in [5, 5.41) is 58.2. The van der Waals surface area contributed by atoms with Crippen LogP contribution in [-0.2, 0) is 15.9 Å². The number of thioether (sulfide) groups is 1. The topological polar surface area (TPSA) is 214 Å². The SMILES string of the molecule is CSC.Clc1ccnc2c(/C=C/c3ccccc3)csc12.Clc1ccnc2c(/C=C/c3ccccc3)csc12.Clc1ccnc2c(Br)csc12.Clc1ccnc2ccsc12.N#Cc1ccnc2c(/C=C/c3ccccc3)csc12.N#Cc1ccnc2c(C=O)csc12.O.OB(O)/C=C/c1ccccc1.[Cl][Pd][Cl].c1ccc(P(c2ccccc2)c2ccccc2)cc1.c1ccc(P(c2ccccc2)c2ccccc2)cc1. The van der Waals surface area contributed by atoms with Gasteiger partial charge in [-0.3, -0.25) is 34.7 Å². The van der Waals surface area contributed by atoms with Crippen LogP contribution in [0.1, 0.15) is 60.4 Å². The van der Waals surface area contributed by atoms with Gasteiger partial charge >= 0.3 is 42.1 Å². The molecule has 0 aliphatic carbocycles. The van der Waals surface area contributed by atoms with Crippen molar-refractivity contribution in [3.8, 4) is 12.1 Å². The van der Waals surface area contributed by atoms with E-state index in [1.807, 2.05) is 138 Å².